The highest BCUT2D eigenvalue weighted by Crippen LogP contribution is 2.44. The van der Waals surface area contributed by atoms with Gasteiger partial charge in [-0.25, -0.2) is 4.79 Å². The van der Waals surface area contributed by atoms with Crippen molar-refractivity contribution in [2.24, 2.45) is 0 Å². The summed E-state index contributed by atoms with van der Waals surface area (Å²) in [6.45, 7) is 0.494. The third-order valence-corrected chi connectivity index (χ3v) is 6.19. The molecule has 4 rings (SSSR count). The number of likely N-dealkylation sites (N-methyl/N-ethyl adjacent to an activating group) is 1. The Kier molecular flexibility index (Phi) is 5.38. The van der Waals surface area contributed by atoms with E-state index in [0.29, 0.717) is 18.5 Å². The average Bonchev–Trinajstić information content (AvgIpc) is 3.07. The summed E-state index contributed by atoms with van der Waals surface area (Å²) in [5.74, 6) is -2.21. The van der Waals surface area contributed by atoms with Crippen LogP contribution in [0.3, 0.4) is 0 Å². The van der Waals surface area contributed by atoms with Gasteiger partial charge in [0.05, 0.1) is 17.2 Å². The van der Waals surface area contributed by atoms with Crippen molar-refractivity contribution in [3.05, 3.63) is 56.7 Å². The average molecular weight is 446 g/mol. The molecule has 0 unspecified atom stereocenters. The van der Waals surface area contributed by atoms with Gasteiger partial charge in [0.25, 0.3) is 0 Å². The molecular formula is C22H20ClNO7. The molecule has 1 fully saturated rings. The molecule has 0 amide bonds. The minimum absolute atomic E-state index is 0.00347. The number of nitrogens with zero attached hydrogens (tertiary/aromatic N) is 1. The van der Waals surface area contributed by atoms with E-state index >= 15 is 0 Å². The molecular weight excluding hydrogens is 426 g/mol. The second kappa shape index (κ2) is 7.88. The number of aliphatic hydroxyl groups is 1. The first-order valence-electron chi connectivity index (χ1n) is 9.60. The Morgan fingerprint density at radius 3 is 2.65 bits per heavy atom. The number of carboxylic acids is 1. The molecule has 4 N–H and O–H groups in total. The number of phenolic OH excluding ortho intramolecular Hbond substituents is 2. The summed E-state index contributed by atoms with van der Waals surface area (Å²) in [7, 11) is 1.85. The summed E-state index contributed by atoms with van der Waals surface area (Å²) in [4.78, 5) is 26.2. The fourth-order valence-corrected chi connectivity index (χ4v) is 4.48. The molecule has 31 heavy (non-hydrogen) atoms. The van der Waals surface area contributed by atoms with Crippen molar-refractivity contribution < 1.29 is 29.6 Å². The number of halogens is 1. The van der Waals surface area contributed by atoms with Crippen LogP contribution in [0.5, 0.6) is 11.5 Å². The zero-order valence-corrected chi connectivity index (χ0v) is 17.3. The Morgan fingerprint density at radius 1 is 1.23 bits per heavy atom. The lowest BCUT2D eigenvalue weighted by atomic mass is 9.89. The number of carbonyl (C=O) groups is 1. The van der Waals surface area contributed by atoms with Gasteiger partial charge in [0.15, 0.2) is 5.43 Å². The minimum Gasteiger partial charge on any atom is -0.507 e. The quantitative estimate of drug-likeness (QED) is 0.482. The van der Waals surface area contributed by atoms with E-state index in [4.69, 9.17) is 16.0 Å². The first-order valence-corrected chi connectivity index (χ1v) is 9.97. The molecule has 2 heterocycles. The molecule has 0 bridgehead atoms. The van der Waals surface area contributed by atoms with E-state index in [-0.39, 0.29) is 57.2 Å². The number of aliphatic hydroxyl groups excluding tert-OH is 1. The van der Waals surface area contributed by atoms with Crippen LogP contribution in [0.25, 0.3) is 22.3 Å². The zero-order valence-electron chi connectivity index (χ0n) is 16.5. The van der Waals surface area contributed by atoms with E-state index in [2.05, 4.69) is 0 Å². The van der Waals surface area contributed by atoms with Crippen molar-refractivity contribution in [1.29, 1.82) is 0 Å². The molecule has 0 radical (unpaired) electrons. The van der Waals surface area contributed by atoms with Gasteiger partial charge in [-0.1, -0.05) is 11.6 Å². The molecule has 0 saturated carbocycles. The van der Waals surface area contributed by atoms with Crippen molar-refractivity contribution in [1.82, 2.24) is 4.90 Å². The molecule has 1 aliphatic rings. The highest BCUT2D eigenvalue weighted by Gasteiger charge is 2.36. The molecule has 0 aliphatic carbocycles. The third-order valence-electron chi connectivity index (χ3n) is 5.86. The summed E-state index contributed by atoms with van der Waals surface area (Å²) in [6, 6.07) is 5.91. The van der Waals surface area contributed by atoms with E-state index < -0.39 is 17.1 Å². The Bertz CT molecular complexity index is 1250. The maximum absolute atomic E-state index is 12.9. The van der Waals surface area contributed by atoms with Crippen LogP contribution in [0.2, 0.25) is 5.02 Å². The predicted molar refractivity (Wildman–Crippen MR) is 114 cm³/mol. The van der Waals surface area contributed by atoms with Gasteiger partial charge in [0.1, 0.15) is 28.2 Å². The fraction of sp³-hybridized carbons (Fsp3) is 0.273. The number of carboxylic acid groups (broad SMARTS) is 1. The highest BCUT2D eigenvalue weighted by molar-refractivity contribution is 6.33. The molecule has 8 nitrogen and oxygen atoms in total. The molecule has 1 saturated heterocycles. The fourth-order valence-electron chi connectivity index (χ4n) is 4.27. The second-order valence-corrected chi connectivity index (χ2v) is 8.04. The molecule has 162 valence electrons. The van der Waals surface area contributed by atoms with Crippen LogP contribution in [0, 0.1) is 0 Å². The summed E-state index contributed by atoms with van der Waals surface area (Å²) >= 11 is 6.24. The van der Waals surface area contributed by atoms with Crippen molar-refractivity contribution in [3.63, 3.8) is 0 Å². The maximum atomic E-state index is 12.9. The number of hydrogen-bond acceptors (Lipinski definition) is 7. The van der Waals surface area contributed by atoms with E-state index in [1.54, 1.807) is 0 Å². The molecule has 2 aromatic carbocycles. The van der Waals surface area contributed by atoms with Gasteiger partial charge in [-0.2, -0.15) is 0 Å². The van der Waals surface area contributed by atoms with E-state index in [1.807, 2.05) is 11.9 Å². The number of phenols is 2. The molecule has 3 aromatic rings. The first kappa shape index (κ1) is 21.2. The number of fused-ring (bicyclic) bond motifs is 1. The lowest BCUT2D eigenvalue weighted by Crippen LogP contribution is -2.32. The maximum Gasteiger partial charge on any atom is 0.335 e. The summed E-state index contributed by atoms with van der Waals surface area (Å²) in [5, 5.41) is 40.2. The monoisotopic (exact) mass is 445 g/mol. The lowest BCUT2D eigenvalue weighted by molar-refractivity contribution is 0.0697. The largest absolute Gasteiger partial charge is 0.507 e. The Labute approximate surface area is 181 Å². The van der Waals surface area contributed by atoms with Crippen LogP contribution in [-0.2, 0) is 0 Å². The zero-order chi connectivity index (χ0) is 22.4. The Hall–Kier alpha value is -3.07. The van der Waals surface area contributed by atoms with Crippen LogP contribution in [-0.4, -0.2) is 57.5 Å². The van der Waals surface area contributed by atoms with E-state index in [1.165, 1.54) is 18.2 Å². The van der Waals surface area contributed by atoms with Crippen molar-refractivity contribution in [3.8, 4) is 22.8 Å². The smallest absolute Gasteiger partial charge is 0.335 e. The number of likely N-dealkylation sites (tertiary alicyclic amines) is 1. The van der Waals surface area contributed by atoms with Gasteiger partial charge in [0.2, 0.25) is 0 Å². The number of hydrogen-bond donors (Lipinski definition) is 4. The van der Waals surface area contributed by atoms with Crippen LogP contribution in [0.15, 0.2) is 39.5 Å². The summed E-state index contributed by atoms with van der Waals surface area (Å²) < 4.78 is 5.98. The molecule has 9 heteroatoms. The van der Waals surface area contributed by atoms with E-state index in [9.17, 15) is 30.0 Å². The number of aromatic hydroxyl groups is 2. The Morgan fingerprint density at radius 2 is 1.97 bits per heavy atom. The SMILES string of the molecule is CN1CC[C@H](c2c(O)cc(O)c3c(=O)cc(-c4cc(C(=O)O)ccc4Cl)oc23)[C@H]1CO. The number of benzene rings is 2. The van der Waals surface area contributed by atoms with Crippen LogP contribution >= 0.6 is 11.6 Å². The van der Waals surface area contributed by atoms with Crippen LogP contribution in [0.4, 0.5) is 0 Å². The molecule has 0 spiro atoms. The normalized spacial score (nSPS) is 19.2. The van der Waals surface area contributed by atoms with Gasteiger partial charge in [0, 0.05) is 35.2 Å². The van der Waals surface area contributed by atoms with Crippen molar-refractivity contribution in [2.45, 2.75) is 18.4 Å². The topological polar surface area (TPSA) is 131 Å². The van der Waals surface area contributed by atoms with Gasteiger partial charge in [-0.05, 0) is 38.2 Å². The molecule has 1 aromatic heterocycles. The second-order valence-electron chi connectivity index (χ2n) is 7.63. The van der Waals surface area contributed by atoms with Gasteiger partial charge >= 0.3 is 5.97 Å². The van der Waals surface area contributed by atoms with Crippen molar-refractivity contribution in [2.75, 3.05) is 20.2 Å². The minimum atomic E-state index is -1.17. The number of aromatic carboxylic acids is 1. The van der Waals surface area contributed by atoms with Gasteiger partial charge in [-0.3, -0.25) is 4.79 Å². The van der Waals surface area contributed by atoms with Gasteiger partial charge < -0.3 is 29.7 Å². The summed E-state index contributed by atoms with van der Waals surface area (Å²) in [6.07, 6.45) is 0.596. The molecule has 2 atom stereocenters. The molecule has 1 aliphatic heterocycles. The van der Waals surface area contributed by atoms with E-state index in [0.717, 1.165) is 12.1 Å². The number of rotatable bonds is 4. The predicted octanol–water partition coefficient (Wildman–Crippen LogP) is 3.00. The third kappa shape index (κ3) is 3.52. The standard InChI is InChI=1S/C22H20ClNO7/c1-24-5-4-11(14(24)9-25)19-15(26)7-16(27)20-17(28)8-18(31-21(19)20)12-6-10(22(29)30)2-3-13(12)23/h2-3,6-8,11,14,25-27H,4-5,9H2,1H3,(H,29,30)/t11-,14+/m0/s1. The lowest BCUT2D eigenvalue weighted by Gasteiger charge is -2.24. The van der Waals surface area contributed by atoms with Crippen molar-refractivity contribution >= 4 is 28.5 Å². The van der Waals surface area contributed by atoms with Crippen LogP contribution < -0.4 is 5.43 Å². The van der Waals surface area contributed by atoms with Gasteiger partial charge in [-0.15, -0.1) is 0 Å². The summed E-state index contributed by atoms with van der Waals surface area (Å²) in [5.41, 5.74) is -0.134. The first-order chi connectivity index (χ1) is 14.7. The Balaban J connectivity index is 2.02. The van der Waals surface area contributed by atoms with Crippen LogP contribution in [0.1, 0.15) is 28.3 Å². The highest BCUT2D eigenvalue weighted by atomic mass is 35.5.